The smallest absolute Gasteiger partial charge is 0.255 e. The molecule has 1 unspecified atom stereocenters. The number of benzene rings is 2. The van der Waals surface area contributed by atoms with Crippen LogP contribution in [0.5, 0.6) is 11.5 Å². The van der Waals surface area contributed by atoms with Crippen LogP contribution in [0.3, 0.4) is 0 Å². The molecular weight excluding hydrogens is 486 g/mol. The molecule has 37 heavy (non-hydrogen) atoms. The third-order valence-corrected chi connectivity index (χ3v) is 7.04. The number of hydrogen-bond donors (Lipinski definition) is 2. The molecule has 1 aliphatic heterocycles. The lowest BCUT2D eigenvalue weighted by Gasteiger charge is -2.29. The van der Waals surface area contributed by atoms with E-state index in [1.165, 1.54) is 0 Å². The number of aromatic nitrogens is 3. The quantitative estimate of drug-likeness (QED) is 0.293. The van der Waals surface area contributed by atoms with Crippen molar-refractivity contribution in [2.45, 2.75) is 51.7 Å². The minimum absolute atomic E-state index is 0.207. The van der Waals surface area contributed by atoms with Crippen molar-refractivity contribution in [3.8, 4) is 11.5 Å². The summed E-state index contributed by atoms with van der Waals surface area (Å²) in [5, 5.41) is 11.8. The van der Waals surface area contributed by atoms with E-state index < -0.39 is 6.04 Å². The van der Waals surface area contributed by atoms with E-state index in [1.807, 2.05) is 55.5 Å². The molecule has 0 aliphatic carbocycles. The van der Waals surface area contributed by atoms with Gasteiger partial charge in [0.25, 0.3) is 5.91 Å². The van der Waals surface area contributed by atoms with Crippen molar-refractivity contribution in [1.29, 1.82) is 0 Å². The Hall–Kier alpha value is -3.46. The number of rotatable bonds is 11. The number of carbonyl (C=O) groups is 1. The Morgan fingerprint density at radius 3 is 2.68 bits per heavy atom. The fourth-order valence-corrected chi connectivity index (χ4v) is 4.77. The van der Waals surface area contributed by atoms with Gasteiger partial charge in [-0.1, -0.05) is 56.8 Å². The molecule has 0 spiro atoms. The second-order valence-electron chi connectivity index (χ2n) is 9.34. The second-order valence-corrected chi connectivity index (χ2v) is 10.4. The number of amides is 1. The van der Waals surface area contributed by atoms with E-state index >= 15 is 0 Å². The molecule has 3 aromatic rings. The molecule has 1 aromatic heterocycles. The van der Waals surface area contributed by atoms with Gasteiger partial charge >= 0.3 is 0 Å². The first-order valence-electron chi connectivity index (χ1n) is 12.7. The van der Waals surface area contributed by atoms with E-state index in [1.54, 1.807) is 23.6 Å². The van der Waals surface area contributed by atoms with Crippen molar-refractivity contribution in [3.63, 3.8) is 0 Å². The van der Waals surface area contributed by atoms with Gasteiger partial charge < -0.3 is 20.1 Å². The highest BCUT2D eigenvalue weighted by molar-refractivity contribution is 7.99. The van der Waals surface area contributed by atoms with Gasteiger partial charge in [0.15, 0.2) is 11.5 Å². The van der Waals surface area contributed by atoms with E-state index in [0.29, 0.717) is 40.7 Å². The Labute approximate surface area is 222 Å². The first-order valence-corrected chi connectivity index (χ1v) is 13.6. The van der Waals surface area contributed by atoms with Gasteiger partial charge in [-0.15, -0.1) is 5.10 Å². The standard InChI is InChI=1S/C28H35N5O3S/c1-6-16-37-28-31-27-29-19(4)24(26(34)30-21-10-8-7-9-11-21)25(33(27)32-28)20-12-13-22(23(17-20)35-5)36-15-14-18(2)3/h7-13,17-18,25H,6,14-16H2,1-5H3,(H,30,34)(H,29,31,32). The Morgan fingerprint density at radius 2 is 1.97 bits per heavy atom. The number of nitrogens with one attached hydrogen (secondary N) is 2. The van der Waals surface area contributed by atoms with Gasteiger partial charge in [0.05, 0.1) is 19.3 Å². The molecule has 1 atom stereocenters. The van der Waals surface area contributed by atoms with Crippen molar-refractivity contribution in [1.82, 2.24) is 14.8 Å². The van der Waals surface area contributed by atoms with Gasteiger partial charge in [0, 0.05) is 17.1 Å². The summed E-state index contributed by atoms with van der Waals surface area (Å²) in [4.78, 5) is 18.3. The summed E-state index contributed by atoms with van der Waals surface area (Å²) < 4.78 is 13.5. The Balaban J connectivity index is 1.73. The fourth-order valence-electron chi connectivity index (χ4n) is 4.09. The van der Waals surface area contributed by atoms with Gasteiger partial charge in [0.1, 0.15) is 6.04 Å². The lowest BCUT2D eigenvalue weighted by molar-refractivity contribution is -0.113. The molecule has 2 heterocycles. The maximum Gasteiger partial charge on any atom is 0.255 e. The average Bonchev–Trinajstić information content (AvgIpc) is 3.29. The molecule has 196 valence electrons. The summed E-state index contributed by atoms with van der Waals surface area (Å²) in [6.07, 6.45) is 1.97. The van der Waals surface area contributed by atoms with Crippen LogP contribution >= 0.6 is 11.8 Å². The first-order chi connectivity index (χ1) is 17.9. The van der Waals surface area contributed by atoms with Crippen LogP contribution in [0.1, 0.15) is 52.1 Å². The molecule has 9 heteroatoms. The zero-order valence-electron chi connectivity index (χ0n) is 22.1. The van der Waals surface area contributed by atoms with Crippen LogP contribution < -0.4 is 20.1 Å². The monoisotopic (exact) mass is 521 g/mol. The molecule has 1 aliphatic rings. The molecule has 8 nitrogen and oxygen atoms in total. The molecular formula is C28H35N5O3S. The zero-order valence-corrected chi connectivity index (χ0v) is 22.9. The normalized spacial score (nSPS) is 14.8. The lowest BCUT2D eigenvalue weighted by Crippen LogP contribution is -2.31. The molecule has 0 saturated carbocycles. The topological polar surface area (TPSA) is 90.3 Å². The molecule has 1 amide bonds. The number of ether oxygens (including phenoxy) is 2. The summed E-state index contributed by atoms with van der Waals surface area (Å²) in [5.41, 5.74) is 2.86. The number of carbonyl (C=O) groups excluding carboxylic acids is 1. The van der Waals surface area contributed by atoms with E-state index in [2.05, 4.69) is 31.4 Å². The molecule has 2 N–H and O–H groups in total. The van der Waals surface area contributed by atoms with Crippen LogP contribution in [0.15, 0.2) is 65.0 Å². The lowest BCUT2D eigenvalue weighted by atomic mass is 9.94. The number of methoxy groups -OCH3 is 1. The number of nitrogens with zero attached hydrogens (tertiary/aromatic N) is 3. The predicted molar refractivity (Wildman–Crippen MR) is 149 cm³/mol. The number of anilines is 2. The summed E-state index contributed by atoms with van der Waals surface area (Å²) >= 11 is 1.60. The van der Waals surface area contributed by atoms with Crippen molar-refractivity contribution in [2.24, 2.45) is 5.92 Å². The number of para-hydroxylation sites is 1. The SMILES string of the molecule is CCCSc1nc2n(n1)C(c1ccc(OCCC(C)C)c(OC)c1)C(C(=O)Nc1ccccc1)=C(C)N2. The maximum absolute atomic E-state index is 13.6. The summed E-state index contributed by atoms with van der Waals surface area (Å²) in [7, 11) is 1.63. The molecule has 0 radical (unpaired) electrons. The summed E-state index contributed by atoms with van der Waals surface area (Å²) in [6.45, 7) is 8.96. The van der Waals surface area contributed by atoms with E-state index in [4.69, 9.17) is 19.6 Å². The predicted octanol–water partition coefficient (Wildman–Crippen LogP) is 6.14. The van der Waals surface area contributed by atoms with Crippen LogP contribution in [0.4, 0.5) is 11.6 Å². The van der Waals surface area contributed by atoms with Crippen LogP contribution in [-0.4, -0.2) is 40.1 Å². The van der Waals surface area contributed by atoms with Crippen LogP contribution in [0, 0.1) is 5.92 Å². The third-order valence-electron chi connectivity index (χ3n) is 6.00. The van der Waals surface area contributed by atoms with Gasteiger partial charge in [-0.25, -0.2) is 4.68 Å². The minimum atomic E-state index is -0.498. The maximum atomic E-state index is 13.6. The minimum Gasteiger partial charge on any atom is -0.493 e. The van der Waals surface area contributed by atoms with Gasteiger partial charge in [-0.2, -0.15) is 4.98 Å². The van der Waals surface area contributed by atoms with E-state index in [-0.39, 0.29) is 5.91 Å². The van der Waals surface area contributed by atoms with Gasteiger partial charge in [0.2, 0.25) is 11.1 Å². The highest BCUT2D eigenvalue weighted by Crippen LogP contribution is 2.40. The number of hydrogen-bond acceptors (Lipinski definition) is 7. The second kappa shape index (κ2) is 12.2. The van der Waals surface area contributed by atoms with Crippen LogP contribution in [0.25, 0.3) is 0 Å². The van der Waals surface area contributed by atoms with E-state index in [9.17, 15) is 4.79 Å². The highest BCUT2D eigenvalue weighted by atomic mass is 32.2. The Kier molecular flexibility index (Phi) is 8.76. The molecule has 0 fully saturated rings. The summed E-state index contributed by atoms with van der Waals surface area (Å²) in [5.74, 6) is 3.15. The number of allylic oxidation sites excluding steroid dienone is 1. The largest absolute Gasteiger partial charge is 0.493 e. The Bertz CT molecular complexity index is 1260. The molecule has 2 aromatic carbocycles. The fraction of sp³-hybridized carbons (Fsp3) is 0.393. The van der Waals surface area contributed by atoms with Crippen LogP contribution in [0.2, 0.25) is 0 Å². The number of fused-ring (bicyclic) bond motifs is 1. The Morgan fingerprint density at radius 1 is 1.19 bits per heavy atom. The third kappa shape index (κ3) is 6.28. The first kappa shape index (κ1) is 26.6. The van der Waals surface area contributed by atoms with Crippen molar-refractivity contribution >= 4 is 29.3 Å². The molecule has 0 saturated heterocycles. The molecule has 0 bridgehead atoms. The van der Waals surface area contributed by atoms with Crippen molar-refractivity contribution in [2.75, 3.05) is 30.1 Å². The van der Waals surface area contributed by atoms with Crippen molar-refractivity contribution in [3.05, 3.63) is 65.4 Å². The van der Waals surface area contributed by atoms with Crippen molar-refractivity contribution < 1.29 is 14.3 Å². The zero-order chi connectivity index (χ0) is 26.4. The highest BCUT2D eigenvalue weighted by Gasteiger charge is 2.35. The average molecular weight is 522 g/mol. The van der Waals surface area contributed by atoms with Gasteiger partial charge in [-0.3, -0.25) is 4.79 Å². The number of thioether (sulfide) groups is 1. The summed E-state index contributed by atoms with van der Waals surface area (Å²) in [6, 6.07) is 14.7. The molecule has 4 rings (SSSR count). The van der Waals surface area contributed by atoms with Crippen LogP contribution in [-0.2, 0) is 4.79 Å². The van der Waals surface area contributed by atoms with E-state index in [0.717, 1.165) is 35.5 Å². The van der Waals surface area contributed by atoms with Gasteiger partial charge in [-0.05, 0) is 55.5 Å².